The number of anilines is 3. The first-order valence-corrected chi connectivity index (χ1v) is 9.71. The van der Waals surface area contributed by atoms with Crippen LogP contribution in [0.3, 0.4) is 0 Å². The maximum Gasteiger partial charge on any atom is 0.0751 e. The zero-order chi connectivity index (χ0) is 19.5. The predicted molar refractivity (Wildman–Crippen MR) is 121 cm³/mol. The van der Waals surface area contributed by atoms with Gasteiger partial charge in [-0.05, 0) is 68.4 Å². The molecule has 1 aromatic heterocycles. The Bertz CT molecular complexity index is 1130. The van der Waals surface area contributed by atoms with Crippen LogP contribution in [0.5, 0.6) is 0 Å². The van der Waals surface area contributed by atoms with Crippen LogP contribution in [0.2, 0.25) is 0 Å². The Labute approximate surface area is 166 Å². The number of nitrogens with one attached hydrogen (secondary N) is 3. The van der Waals surface area contributed by atoms with E-state index in [0.29, 0.717) is 0 Å². The molecule has 142 valence electrons. The van der Waals surface area contributed by atoms with Crippen LogP contribution in [-0.2, 0) is 0 Å². The summed E-state index contributed by atoms with van der Waals surface area (Å²) in [7, 11) is 1.97. The summed E-state index contributed by atoms with van der Waals surface area (Å²) in [6, 6.07) is 21.1. The average Bonchev–Trinajstić information content (AvgIpc) is 2.70. The van der Waals surface area contributed by atoms with E-state index in [1.54, 1.807) is 0 Å². The van der Waals surface area contributed by atoms with Crippen molar-refractivity contribution >= 4 is 38.9 Å². The molecule has 3 N–H and O–H groups in total. The van der Waals surface area contributed by atoms with E-state index in [1.807, 2.05) is 13.1 Å². The fraction of sp³-hybridized carbons (Fsp3) is 0.208. The van der Waals surface area contributed by atoms with Crippen molar-refractivity contribution in [3.8, 4) is 0 Å². The van der Waals surface area contributed by atoms with Gasteiger partial charge in [0.25, 0.3) is 0 Å². The molecule has 0 aliphatic carbocycles. The molecule has 0 fully saturated rings. The number of fused-ring (bicyclic) bond motifs is 2. The predicted octanol–water partition coefficient (Wildman–Crippen LogP) is 5.38. The van der Waals surface area contributed by atoms with Gasteiger partial charge in [0.1, 0.15) is 0 Å². The van der Waals surface area contributed by atoms with E-state index in [1.165, 1.54) is 11.1 Å². The van der Waals surface area contributed by atoms with Crippen molar-refractivity contribution in [2.45, 2.75) is 13.8 Å². The molecular formula is C24H26N4. The van der Waals surface area contributed by atoms with Crippen LogP contribution < -0.4 is 16.0 Å². The molecular weight excluding hydrogens is 344 g/mol. The molecule has 4 nitrogen and oxygen atoms in total. The quantitative estimate of drug-likeness (QED) is 0.315. The van der Waals surface area contributed by atoms with Gasteiger partial charge in [-0.2, -0.15) is 0 Å². The van der Waals surface area contributed by atoms with E-state index in [2.05, 4.69) is 84.4 Å². The maximum absolute atomic E-state index is 4.90. The second kappa shape index (κ2) is 7.87. The second-order valence-corrected chi connectivity index (χ2v) is 7.19. The van der Waals surface area contributed by atoms with Gasteiger partial charge in [-0.25, -0.2) is 4.98 Å². The van der Waals surface area contributed by atoms with E-state index in [-0.39, 0.29) is 0 Å². The lowest BCUT2D eigenvalue weighted by atomic mass is 10.1. The van der Waals surface area contributed by atoms with Crippen molar-refractivity contribution in [2.24, 2.45) is 0 Å². The Morgan fingerprint density at radius 3 is 2.32 bits per heavy atom. The molecule has 0 radical (unpaired) electrons. The standard InChI is InChI=1S/C24H26N4/c1-16-8-9-18(14-17(16)2)27-19-10-11-21-23(15-19)28-22-7-5-4-6-20(22)24(21)26-13-12-25-3/h4-11,14-15,25,27H,12-13H2,1-3H3,(H,26,28). The summed E-state index contributed by atoms with van der Waals surface area (Å²) in [6.45, 7) is 6.04. The molecule has 0 unspecified atom stereocenters. The number of aromatic nitrogens is 1. The molecule has 0 amide bonds. The largest absolute Gasteiger partial charge is 0.383 e. The monoisotopic (exact) mass is 370 g/mol. The number of likely N-dealkylation sites (N-methyl/N-ethyl adjacent to an activating group) is 1. The minimum absolute atomic E-state index is 0.863. The highest BCUT2D eigenvalue weighted by Crippen LogP contribution is 2.32. The first kappa shape index (κ1) is 18.3. The van der Waals surface area contributed by atoms with E-state index >= 15 is 0 Å². The molecule has 0 atom stereocenters. The summed E-state index contributed by atoms with van der Waals surface area (Å²) in [6.07, 6.45) is 0. The summed E-state index contributed by atoms with van der Waals surface area (Å²) in [5.74, 6) is 0. The molecule has 0 saturated carbocycles. The smallest absolute Gasteiger partial charge is 0.0751 e. The lowest BCUT2D eigenvalue weighted by molar-refractivity contribution is 0.825. The third kappa shape index (κ3) is 3.64. The summed E-state index contributed by atoms with van der Waals surface area (Å²) in [5, 5.41) is 12.6. The van der Waals surface area contributed by atoms with Crippen molar-refractivity contribution in [3.63, 3.8) is 0 Å². The Kier molecular flexibility index (Phi) is 5.13. The Hall–Kier alpha value is -3.11. The fourth-order valence-electron chi connectivity index (χ4n) is 3.46. The van der Waals surface area contributed by atoms with Gasteiger partial charge < -0.3 is 16.0 Å². The first-order chi connectivity index (χ1) is 13.7. The molecule has 28 heavy (non-hydrogen) atoms. The topological polar surface area (TPSA) is 49.0 Å². The zero-order valence-corrected chi connectivity index (χ0v) is 16.6. The SMILES string of the molecule is CNCCNc1c2ccccc2nc2cc(Nc3ccc(C)c(C)c3)ccc12. The molecule has 1 heterocycles. The van der Waals surface area contributed by atoms with Gasteiger partial charge in [0.15, 0.2) is 0 Å². The highest BCUT2D eigenvalue weighted by atomic mass is 14.9. The number of hydrogen-bond donors (Lipinski definition) is 3. The van der Waals surface area contributed by atoms with Crippen LogP contribution in [0.25, 0.3) is 21.8 Å². The van der Waals surface area contributed by atoms with Gasteiger partial charge in [-0.3, -0.25) is 0 Å². The van der Waals surface area contributed by atoms with Gasteiger partial charge in [0.05, 0.1) is 16.7 Å². The minimum atomic E-state index is 0.863. The average molecular weight is 371 g/mol. The van der Waals surface area contributed by atoms with Crippen molar-refractivity contribution in [1.82, 2.24) is 10.3 Å². The molecule has 0 bridgehead atoms. The van der Waals surface area contributed by atoms with Crippen LogP contribution in [0.1, 0.15) is 11.1 Å². The van der Waals surface area contributed by atoms with E-state index in [4.69, 9.17) is 4.98 Å². The molecule has 4 aromatic rings. The number of rotatable bonds is 6. The van der Waals surface area contributed by atoms with Crippen molar-refractivity contribution in [2.75, 3.05) is 30.8 Å². The van der Waals surface area contributed by atoms with Crippen LogP contribution in [0.4, 0.5) is 17.1 Å². The fourth-order valence-corrected chi connectivity index (χ4v) is 3.46. The highest BCUT2D eigenvalue weighted by Gasteiger charge is 2.09. The minimum Gasteiger partial charge on any atom is -0.383 e. The number of pyridine rings is 1. The molecule has 0 aliphatic heterocycles. The van der Waals surface area contributed by atoms with Crippen LogP contribution in [0.15, 0.2) is 60.7 Å². The highest BCUT2D eigenvalue weighted by molar-refractivity contribution is 6.08. The first-order valence-electron chi connectivity index (χ1n) is 9.71. The lowest BCUT2D eigenvalue weighted by Crippen LogP contribution is -2.18. The van der Waals surface area contributed by atoms with Crippen LogP contribution >= 0.6 is 0 Å². The van der Waals surface area contributed by atoms with Crippen molar-refractivity contribution in [1.29, 1.82) is 0 Å². The molecule has 0 saturated heterocycles. The summed E-state index contributed by atoms with van der Waals surface area (Å²) in [5.41, 5.74) is 7.86. The number of aryl methyl sites for hydroxylation is 2. The van der Waals surface area contributed by atoms with Gasteiger partial charge in [0.2, 0.25) is 0 Å². The molecule has 0 aliphatic rings. The lowest BCUT2D eigenvalue weighted by Gasteiger charge is -2.15. The molecule has 4 rings (SSSR count). The summed E-state index contributed by atoms with van der Waals surface area (Å²) in [4.78, 5) is 4.90. The molecule has 3 aromatic carbocycles. The number of para-hydroxylation sites is 1. The maximum atomic E-state index is 4.90. The van der Waals surface area contributed by atoms with Gasteiger partial charge in [-0.1, -0.05) is 24.3 Å². The van der Waals surface area contributed by atoms with Gasteiger partial charge in [0, 0.05) is 35.2 Å². The normalized spacial score (nSPS) is 11.1. The Morgan fingerprint density at radius 1 is 0.750 bits per heavy atom. The summed E-state index contributed by atoms with van der Waals surface area (Å²) < 4.78 is 0. The van der Waals surface area contributed by atoms with Crippen molar-refractivity contribution in [3.05, 3.63) is 71.8 Å². The summed E-state index contributed by atoms with van der Waals surface area (Å²) >= 11 is 0. The third-order valence-electron chi connectivity index (χ3n) is 5.15. The number of hydrogen-bond acceptors (Lipinski definition) is 4. The van der Waals surface area contributed by atoms with Crippen molar-refractivity contribution < 1.29 is 0 Å². The number of benzene rings is 3. The van der Waals surface area contributed by atoms with Gasteiger partial charge >= 0.3 is 0 Å². The zero-order valence-electron chi connectivity index (χ0n) is 16.6. The number of nitrogens with zero attached hydrogens (tertiary/aromatic N) is 1. The van der Waals surface area contributed by atoms with E-state index in [0.717, 1.165) is 52.0 Å². The van der Waals surface area contributed by atoms with E-state index < -0.39 is 0 Å². The molecule has 4 heteroatoms. The Balaban J connectivity index is 1.76. The Morgan fingerprint density at radius 2 is 1.50 bits per heavy atom. The van der Waals surface area contributed by atoms with Crippen LogP contribution in [0, 0.1) is 13.8 Å². The third-order valence-corrected chi connectivity index (χ3v) is 5.15. The second-order valence-electron chi connectivity index (χ2n) is 7.19. The van der Waals surface area contributed by atoms with Gasteiger partial charge in [-0.15, -0.1) is 0 Å². The van der Waals surface area contributed by atoms with E-state index in [9.17, 15) is 0 Å². The molecule has 0 spiro atoms. The van der Waals surface area contributed by atoms with Crippen LogP contribution in [-0.4, -0.2) is 25.1 Å².